The van der Waals surface area contributed by atoms with Gasteiger partial charge in [0.25, 0.3) is 5.91 Å². The number of hydrogen-bond donors (Lipinski definition) is 1. The van der Waals surface area contributed by atoms with Crippen LogP contribution in [0, 0.1) is 0 Å². The van der Waals surface area contributed by atoms with Gasteiger partial charge in [0, 0.05) is 25.0 Å². The van der Waals surface area contributed by atoms with E-state index in [-0.39, 0.29) is 17.4 Å². The Balaban J connectivity index is 1.59. The van der Waals surface area contributed by atoms with Crippen molar-refractivity contribution in [1.82, 2.24) is 9.29 Å². The van der Waals surface area contributed by atoms with E-state index >= 15 is 0 Å². The molecule has 0 spiro atoms. The molecule has 2 aromatic carbocycles. The molecule has 1 N–H and O–H groups in total. The van der Waals surface area contributed by atoms with Crippen molar-refractivity contribution in [3.8, 4) is 17.0 Å². The first-order valence-electron chi connectivity index (χ1n) is 9.29. The van der Waals surface area contributed by atoms with Crippen molar-refractivity contribution < 1.29 is 17.9 Å². The minimum Gasteiger partial charge on any atom is -0.484 e. The van der Waals surface area contributed by atoms with Crippen molar-refractivity contribution in [2.75, 3.05) is 26.0 Å². The number of amides is 1. The number of anilines is 1. The monoisotopic (exact) mass is 445 g/mol. The largest absolute Gasteiger partial charge is 0.484 e. The second-order valence-electron chi connectivity index (χ2n) is 6.68. The molecule has 0 bridgehead atoms. The molecule has 158 valence electrons. The van der Waals surface area contributed by atoms with Crippen LogP contribution in [-0.2, 0) is 21.2 Å². The highest BCUT2D eigenvalue weighted by Gasteiger charge is 2.17. The molecular weight excluding hydrogens is 422 g/mol. The molecule has 0 radical (unpaired) electrons. The van der Waals surface area contributed by atoms with E-state index < -0.39 is 10.0 Å². The maximum absolute atomic E-state index is 12.2. The average Bonchev–Trinajstić information content (AvgIpc) is 3.21. The number of nitrogens with zero attached hydrogens (tertiary/aromatic N) is 2. The molecule has 0 aliphatic heterocycles. The predicted molar refractivity (Wildman–Crippen MR) is 118 cm³/mol. The SMILES string of the molecule is CCc1ccc(OCC(=O)Nc2nc(-c3ccc(S(=O)(=O)N(C)C)cc3)cs2)cc1. The quantitative estimate of drug-likeness (QED) is 0.572. The Morgan fingerprint density at radius 3 is 2.37 bits per heavy atom. The van der Waals surface area contributed by atoms with E-state index in [1.165, 1.54) is 35.3 Å². The van der Waals surface area contributed by atoms with Crippen molar-refractivity contribution in [3.05, 3.63) is 59.5 Å². The molecule has 0 aliphatic carbocycles. The lowest BCUT2D eigenvalue weighted by Gasteiger charge is -2.11. The molecule has 0 atom stereocenters. The summed E-state index contributed by atoms with van der Waals surface area (Å²) in [6, 6.07) is 14.1. The van der Waals surface area contributed by atoms with Gasteiger partial charge in [0.2, 0.25) is 10.0 Å². The molecule has 30 heavy (non-hydrogen) atoms. The van der Waals surface area contributed by atoms with Crippen molar-refractivity contribution >= 4 is 32.4 Å². The van der Waals surface area contributed by atoms with Crippen LogP contribution in [0.5, 0.6) is 5.75 Å². The van der Waals surface area contributed by atoms with E-state index in [4.69, 9.17) is 4.74 Å². The summed E-state index contributed by atoms with van der Waals surface area (Å²) in [7, 11) is -0.498. The number of carbonyl (C=O) groups is 1. The Kier molecular flexibility index (Phi) is 6.86. The molecular formula is C21H23N3O4S2. The summed E-state index contributed by atoms with van der Waals surface area (Å²) < 4.78 is 31.0. The number of carbonyl (C=O) groups excluding carboxylic acids is 1. The molecule has 1 heterocycles. The molecule has 0 unspecified atom stereocenters. The number of hydrogen-bond acceptors (Lipinski definition) is 6. The Labute approximate surface area is 180 Å². The number of sulfonamides is 1. The molecule has 1 aromatic heterocycles. The summed E-state index contributed by atoms with van der Waals surface area (Å²) in [5.41, 5.74) is 2.62. The second kappa shape index (κ2) is 9.38. The highest BCUT2D eigenvalue weighted by molar-refractivity contribution is 7.89. The molecule has 9 heteroatoms. The van der Waals surface area contributed by atoms with Crippen LogP contribution in [0.3, 0.4) is 0 Å². The average molecular weight is 446 g/mol. The third-order valence-electron chi connectivity index (χ3n) is 4.38. The second-order valence-corrected chi connectivity index (χ2v) is 9.69. The first-order valence-corrected chi connectivity index (χ1v) is 11.6. The zero-order chi connectivity index (χ0) is 21.7. The van der Waals surface area contributed by atoms with E-state index in [0.717, 1.165) is 12.0 Å². The number of aryl methyl sites for hydroxylation is 1. The standard InChI is InChI=1S/C21H23N3O4S2/c1-4-15-5-9-17(10-6-15)28-13-20(25)23-21-22-19(14-29-21)16-7-11-18(12-8-16)30(26,27)24(2)3/h5-12,14H,4,13H2,1-3H3,(H,22,23,25). The molecule has 0 fully saturated rings. The Hall–Kier alpha value is -2.75. The van der Waals surface area contributed by atoms with Gasteiger partial charge in [-0.3, -0.25) is 10.1 Å². The molecule has 3 aromatic rings. The summed E-state index contributed by atoms with van der Waals surface area (Å²) in [6.45, 7) is 1.96. The fourth-order valence-electron chi connectivity index (χ4n) is 2.60. The van der Waals surface area contributed by atoms with E-state index in [2.05, 4.69) is 17.2 Å². The number of rotatable bonds is 8. The minimum atomic E-state index is -3.48. The summed E-state index contributed by atoms with van der Waals surface area (Å²) >= 11 is 1.29. The van der Waals surface area contributed by atoms with Crippen molar-refractivity contribution in [2.45, 2.75) is 18.2 Å². The number of thiazole rings is 1. The molecule has 0 aliphatic rings. The number of nitrogens with one attached hydrogen (secondary N) is 1. The molecule has 0 saturated heterocycles. The molecule has 7 nitrogen and oxygen atoms in total. The minimum absolute atomic E-state index is 0.114. The van der Waals surface area contributed by atoms with Crippen LogP contribution in [0.15, 0.2) is 58.8 Å². The van der Waals surface area contributed by atoms with Crippen molar-refractivity contribution in [1.29, 1.82) is 0 Å². The van der Waals surface area contributed by atoms with Crippen LogP contribution in [0.1, 0.15) is 12.5 Å². The van der Waals surface area contributed by atoms with Gasteiger partial charge < -0.3 is 4.74 Å². The van der Waals surface area contributed by atoms with Crippen molar-refractivity contribution in [2.24, 2.45) is 0 Å². The lowest BCUT2D eigenvalue weighted by Crippen LogP contribution is -2.22. The lowest BCUT2D eigenvalue weighted by atomic mass is 10.2. The van der Waals surface area contributed by atoms with Crippen LogP contribution in [0.2, 0.25) is 0 Å². The Morgan fingerprint density at radius 2 is 1.77 bits per heavy atom. The van der Waals surface area contributed by atoms with Gasteiger partial charge in [0.1, 0.15) is 5.75 Å². The van der Waals surface area contributed by atoms with Gasteiger partial charge in [-0.05, 0) is 36.2 Å². The highest BCUT2D eigenvalue weighted by Crippen LogP contribution is 2.26. The summed E-state index contributed by atoms with van der Waals surface area (Å²) in [4.78, 5) is 16.7. The third kappa shape index (κ3) is 5.24. The van der Waals surface area contributed by atoms with Gasteiger partial charge in [0.15, 0.2) is 11.7 Å². The highest BCUT2D eigenvalue weighted by atomic mass is 32.2. The van der Waals surface area contributed by atoms with Crippen LogP contribution >= 0.6 is 11.3 Å². The van der Waals surface area contributed by atoms with E-state index in [0.29, 0.717) is 16.6 Å². The zero-order valence-corrected chi connectivity index (χ0v) is 18.6. The topological polar surface area (TPSA) is 88.6 Å². The molecule has 3 rings (SSSR count). The molecule has 1 amide bonds. The lowest BCUT2D eigenvalue weighted by molar-refractivity contribution is -0.118. The van der Waals surface area contributed by atoms with Gasteiger partial charge in [-0.15, -0.1) is 11.3 Å². The first kappa shape index (κ1) is 21.9. The van der Waals surface area contributed by atoms with Gasteiger partial charge in [-0.25, -0.2) is 17.7 Å². The first-order chi connectivity index (χ1) is 14.3. The maximum atomic E-state index is 12.2. The maximum Gasteiger partial charge on any atom is 0.264 e. The van der Waals surface area contributed by atoms with E-state index in [9.17, 15) is 13.2 Å². The number of aromatic nitrogens is 1. The van der Waals surface area contributed by atoms with Crippen LogP contribution < -0.4 is 10.1 Å². The summed E-state index contributed by atoms with van der Waals surface area (Å²) in [5.74, 6) is 0.331. The molecule has 0 saturated carbocycles. The van der Waals surface area contributed by atoms with Crippen LogP contribution in [0.25, 0.3) is 11.3 Å². The van der Waals surface area contributed by atoms with Crippen LogP contribution in [-0.4, -0.2) is 44.3 Å². The fraction of sp³-hybridized carbons (Fsp3) is 0.238. The summed E-state index contributed by atoms with van der Waals surface area (Å²) in [6.07, 6.45) is 0.946. The smallest absolute Gasteiger partial charge is 0.264 e. The predicted octanol–water partition coefficient (Wildman–Crippen LogP) is 3.64. The van der Waals surface area contributed by atoms with Crippen molar-refractivity contribution in [3.63, 3.8) is 0 Å². The Morgan fingerprint density at radius 1 is 1.10 bits per heavy atom. The van der Waals surface area contributed by atoms with Gasteiger partial charge in [-0.1, -0.05) is 31.2 Å². The van der Waals surface area contributed by atoms with Crippen LogP contribution in [0.4, 0.5) is 5.13 Å². The van der Waals surface area contributed by atoms with Gasteiger partial charge in [-0.2, -0.15) is 0 Å². The van der Waals surface area contributed by atoms with Gasteiger partial charge >= 0.3 is 0 Å². The third-order valence-corrected chi connectivity index (χ3v) is 6.97. The van der Waals surface area contributed by atoms with Gasteiger partial charge in [0.05, 0.1) is 10.6 Å². The number of benzene rings is 2. The zero-order valence-electron chi connectivity index (χ0n) is 17.0. The number of ether oxygens (including phenoxy) is 1. The summed E-state index contributed by atoms with van der Waals surface area (Å²) in [5, 5.41) is 4.97. The van der Waals surface area contributed by atoms with E-state index in [1.807, 2.05) is 24.3 Å². The normalized spacial score (nSPS) is 11.5. The van der Waals surface area contributed by atoms with E-state index in [1.54, 1.807) is 29.6 Å². The Bertz CT molecular complexity index is 1110. The fourth-order valence-corrected chi connectivity index (χ4v) is 4.24.